The van der Waals surface area contributed by atoms with Gasteiger partial charge < -0.3 is 5.11 Å². The fourth-order valence-electron chi connectivity index (χ4n) is 1.75. The second kappa shape index (κ2) is 6.86. The average molecular weight is 264 g/mol. The van der Waals surface area contributed by atoms with E-state index in [1.54, 1.807) is 12.1 Å². The van der Waals surface area contributed by atoms with Gasteiger partial charge in [0.2, 0.25) is 0 Å². The number of nitrogens with zero attached hydrogens (tertiary/aromatic N) is 2. The van der Waals surface area contributed by atoms with Crippen LogP contribution in [0, 0.1) is 17.1 Å². The predicted molar refractivity (Wildman–Crippen MR) is 68.9 cm³/mol. The van der Waals surface area contributed by atoms with Crippen molar-refractivity contribution in [2.75, 3.05) is 6.54 Å². The Balaban J connectivity index is 2.79. The van der Waals surface area contributed by atoms with Crippen LogP contribution >= 0.6 is 0 Å². The first-order valence-corrected chi connectivity index (χ1v) is 6.08. The van der Waals surface area contributed by atoms with Gasteiger partial charge in [0.1, 0.15) is 11.9 Å². The van der Waals surface area contributed by atoms with Crippen LogP contribution in [-0.2, 0) is 11.3 Å². The van der Waals surface area contributed by atoms with Gasteiger partial charge >= 0.3 is 5.97 Å². The molecule has 0 atom stereocenters. The van der Waals surface area contributed by atoms with Crippen LogP contribution in [0.15, 0.2) is 18.2 Å². The van der Waals surface area contributed by atoms with Gasteiger partial charge in [0, 0.05) is 19.1 Å². The number of halogens is 1. The number of carbonyl (C=O) groups is 1. The molecule has 0 aromatic heterocycles. The lowest BCUT2D eigenvalue weighted by atomic mass is 10.1. The van der Waals surface area contributed by atoms with Crippen LogP contribution in [0.1, 0.15) is 31.4 Å². The molecule has 0 amide bonds. The van der Waals surface area contributed by atoms with E-state index in [9.17, 15) is 9.18 Å². The Bertz CT molecular complexity index is 495. The minimum Gasteiger partial charge on any atom is -0.481 e. The summed E-state index contributed by atoms with van der Waals surface area (Å²) >= 11 is 0. The van der Waals surface area contributed by atoms with Crippen LogP contribution < -0.4 is 0 Å². The van der Waals surface area contributed by atoms with Crippen LogP contribution in [0.3, 0.4) is 0 Å². The molecule has 1 aromatic carbocycles. The summed E-state index contributed by atoms with van der Waals surface area (Å²) in [4.78, 5) is 12.6. The van der Waals surface area contributed by atoms with Gasteiger partial charge in [0.15, 0.2) is 0 Å². The fraction of sp³-hybridized carbons (Fsp3) is 0.429. The van der Waals surface area contributed by atoms with Crippen molar-refractivity contribution in [2.24, 2.45) is 0 Å². The molecule has 0 aliphatic carbocycles. The van der Waals surface area contributed by atoms with Crippen molar-refractivity contribution in [3.05, 3.63) is 35.1 Å². The van der Waals surface area contributed by atoms with Gasteiger partial charge in [-0.15, -0.1) is 0 Å². The van der Waals surface area contributed by atoms with Crippen molar-refractivity contribution in [1.29, 1.82) is 5.26 Å². The highest BCUT2D eigenvalue weighted by Gasteiger charge is 2.13. The summed E-state index contributed by atoms with van der Waals surface area (Å²) in [6, 6.07) is 6.37. The third-order valence-corrected chi connectivity index (χ3v) is 2.88. The number of benzene rings is 1. The molecule has 0 saturated heterocycles. The van der Waals surface area contributed by atoms with Crippen molar-refractivity contribution in [3.63, 3.8) is 0 Å². The lowest BCUT2D eigenvalue weighted by Crippen LogP contribution is -2.32. The van der Waals surface area contributed by atoms with Crippen molar-refractivity contribution >= 4 is 5.97 Å². The molecule has 0 heterocycles. The van der Waals surface area contributed by atoms with E-state index in [1.165, 1.54) is 12.1 Å². The molecule has 0 bridgehead atoms. The smallest absolute Gasteiger partial charge is 0.304 e. The molecule has 0 saturated carbocycles. The first kappa shape index (κ1) is 15.1. The second-order valence-corrected chi connectivity index (χ2v) is 4.63. The maximum Gasteiger partial charge on any atom is 0.304 e. The third kappa shape index (κ3) is 4.68. The predicted octanol–water partition coefficient (Wildman–Crippen LogP) is 2.38. The van der Waals surface area contributed by atoms with Crippen molar-refractivity contribution < 1.29 is 14.3 Å². The van der Waals surface area contributed by atoms with Crippen molar-refractivity contribution in [1.82, 2.24) is 4.90 Å². The zero-order valence-corrected chi connectivity index (χ0v) is 11.1. The van der Waals surface area contributed by atoms with Gasteiger partial charge in [-0.1, -0.05) is 6.07 Å². The maximum atomic E-state index is 13.2. The van der Waals surface area contributed by atoms with E-state index in [-0.39, 0.29) is 18.0 Å². The summed E-state index contributed by atoms with van der Waals surface area (Å²) in [5, 5.41) is 17.5. The summed E-state index contributed by atoms with van der Waals surface area (Å²) in [6.45, 7) is 4.86. The topological polar surface area (TPSA) is 64.3 Å². The third-order valence-electron chi connectivity index (χ3n) is 2.88. The molecule has 4 nitrogen and oxygen atoms in total. The highest BCUT2D eigenvalue weighted by atomic mass is 19.1. The number of nitriles is 1. The van der Waals surface area contributed by atoms with Gasteiger partial charge in [-0.25, -0.2) is 4.39 Å². The molecule has 5 heteroatoms. The molecular formula is C14H17FN2O2. The first-order chi connectivity index (χ1) is 8.93. The highest BCUT2D eigenvalue weighted by molar-refractivity contribution is 5.66. The summed E-state index contributed by atoms with van der Waals surface area (Å²) < 4.78 is 13.2. The Morgan fingerprint density at radius 2 is 2.21 bits per heavy atom. The first-order valence-electron chi connectivity index (χ1n) is 6.08. The van der Waals surface area contributed by atoms with Gasteiger partial charge in [-0.05, 0) is 31.5 Å². The number of hydrogen-bond acceptors (Lipinski definition) is 3. The monoisotopic (exact) mass is 264 g/mol. The number of rotatable bonds is 6. The average Bonchev–Trinajstić information content (AvgIpc) is 2.35. The number of carboxylic acids is 1. The molecule has 0 radical (unpaired) electrons. The molecule has 0 spiro atoms. The molecule has 0 aliphatic rings. The van der Waals surface area contributed by atoms with Crippen LogP contribution in [0.5, 0.6) is 0 Å². The van der Waals surface area contributed by atoms with E-state index >= 15 is 0 Å². The van der Waals surface area contributed by atoms with Crippen LogP contribution in [0.25, 0.3) is 0 Å². The molecule has 0 aliphatic heterocycles. The lowest BCUT2D eigenvalue weighted by molar-refractivity contribution is -0.137. The van der Waals surface area contributed by atoms with E-state index in [0.717, 1.165) is 5.56 Å². The molecule has 1 aromatic rings. The van der Waals surface area contributed by atoms with Gasteiger partial charge in [0.05, 0.1) is 12.0 Å². The van der Waals surface area contributed by atoms with Crippen molar-refractivity contribution in [3.8, 4) is 6.07 Å². The van der Waals surface area contributed by atoms with Crippen molar-refractivity contribution in [2.45, 2.75) is 32.9 Å². The molecular weight excluding hydrogens is 247 g/mol. The molecule has 19 heavy (non-hydrogen) atoms. The Morgan fingerprint density at radius 3 is 2.74 bits per heavy atom. The van der Waals surface area contributed by atoms with Gasteiger partial charge in [-0.3, -0.25) is 9.69 Å². The lowest BCUT2D eigenvalue weighted by Gasteiger charge is -2.25. The zero-order valence-electron chi connectivity index (χ0n) is 11.1. The minimum atomic E-state index is -0.845. The largest absolute Gasteiger partial charge is 0.481 e. The molecule has 102 valence electrons. The minimum absolute atomic E-state index is 0.0134. The SMILES string of the molecule is CC(C)N(CCC(=O)O)Cc1ccc(F)c(C#N)c1. The second-order valence-electron chi connectivity index (χ2n) is 4.63. The van der Waals surface area contributed by atoms with Crippen LogP contribution in [-0.4, -0.2) is 28.6 Å². The Kier molecular flexibility index (Phi) is 5.46. The Hall–Kier alpha value is -1.93. The van der Waals surface area contributed by atoms with Crippen LogP contribution in [0.2, 0.25) is 0 Å². The number of aliphatic carboxylic acids is 1. The molecule has 1 rings (SSSR count). The normalized spacial score (nSPS) is 10.7. The van der Waals surface area contributed by atoms with E-state index in [2.05, 4.69) is 0 Å². The summed E-state index contributed by atoms with van der Waals surface area (Å²) in [7, 11) is 0. The van der Waals surface area contributed by atoms with E-state index in [0.29, 0.717) is 13.1 Å². The molecule has 0 unspecified atom stereocenters. The summed E-state index contributed by atoms with van der Waals surface area (Å²) in [5.74, 6) is -1.38. The standard InChI is InChI=1S/C14H17FN2O2/c1-10(2)17(6-5-14(18)19)9-11-3-4-13(15)12(7-11)8-16/h3-4,7,10H,5-6,9H2,1-2H3,(H,18,19). The number of hydrogen-bond donors (Lipinski definition) is 1. The zero-order chi connectivity index (χ0) is 14.4. The van der Waals surface area contributed by atoms with Gasteiger partial charge in [-0.2, -0.15) is 5.26 Å². The number of carboxylic acid groups (broad SMARTS) is 1. The maximum absolute atomic E-state index is 13.2. The fourth-order valence-corrected chi connectivity index (χ4v) is 1.75. The summed E-state index contributed by atoms with van der Waals surface area (Å²) in [5.41, 5.74) is 0.816. The van der Waals surface area contributed by atoms with E-state index in [1.807, 2.05) is 18.7 Å². The Morgan fingerprint density at radius 1 is 1.53 bits per heavy atom. The quantitative estimate of drug-likeness (QED) is 0.856. The molecule has 0 fully saturated rings. The Labute approximate surface area is 112 Å². The van der Waals surface area contributed by atoms with E-state index < -0.39 is 11.8 Å². The van der Waals surface area contributed by atoms with E-state index in [4.69, 9.17) is 10.4 Å². The van der Waals surface area contributed by atoms with Crippen LogP contribution in [0.4, 0.5) is 4.39 Å². The highest BCUT2D eigenvalue weighted by Crippen LogP contribution is 2.13. The molecule has 1 N–H and O–H groups in total. The summed E-state index contributed by atoms with van der Waals surface area (Å²) in [6.07, 6.45) is 0.0600. The van der Waals surface area contributed by atoms with Gasteiger partial charge in [0.25, 0.3) is 0 Å².